The molecular formula is C40H44N4O3. The molecule has 6 aromatic carbocycles. The van der Waals surface area contributed by atoms with Crippen LogP contribution >= 0.6 is 0 Å². The molecule has 1 aliphatic carbocycles. The maximum atomic E-state index is 12.4. The molecule has 1 aliphatic rings. The zero-order valence-electron chi connectivity index (χ0n) is 28.4. The molecule has 0 radical (unpaired) electrons. The number of aliphatic hydroxyl groups is 2. The van der Waals surface area contributed by atoms with Crippen LogP contribution in [0.1, 0.15) is 23.0 Å². The predicted octanol–water partition coefficient (Wildman–Crippen LogP) is 6.87. The second-order valence-electron chi connectivity index (χ2n) is 13.8. The number of benzene rings is 6. The molecule has 47 heavy (non-hydrogen) atoms. The number of hydrogen-bond donors (Lipinski definition) is 3. The van der Waals surface area contributed by atoms with Crippen LogP contribution in [0.25, 0.3) is 43.1 Å². The molecule has 0 spiro atoms. The van der Waals surface area contributed by atoms with Gasteiger partial charge in [0, 0.05) is 107 Å². The molecule has 2 unspecified atom stereocenters. The number of nitrogens with zero attached hydrogens (tertiary/aromatic N) is 4. The van der Waals surface area contributed by atoms with Crippen LogP contribution in [0, 0.1) is 0 Å². The van der Waals surface area contributed by atoms with Crippen LogP contribution in [0.5, 0.6) is 5.75 Å². The predicted molar refractivity (Wildman–Crippen MR) is 199 cm³/mol. The Balaban J connectivity index is 1.54. The van der Waals surface area contributed by atoms with E-state index in [2.05, 4.69) is 104 Å². The van der Waals surface area contributed by atoms with Crippen LogP contribution in [0.2, 0.25) is 0 Å². The first-order valence-electron chi connectivity index (χ1n) is 16.2. The molecule has 0 amide bonds. The van der Waals surface area contributed by atoms with Gasteiger partial charge in [-0.05, 0) is 45.5 Å². The van der Waals surface area contributed by atoms with E-state index in [0.29, 0.717) is 5.39 Å². The van der Waals surface area contributed by atoms with Crippen molar-refractivity contribution in [1.29, 1.82) is 0 Å². The highest BCUT2D eigenvalue weighted by molar-refractivity contribution is 6.22. The highest BCUT2D eigenvalue weighted by atomic mass is 16.3. The van der Waals surface area contributed by atoms with Gasteiger partial charge in [-0.25, -0.2) is 0 Å². The van der Waals surface area contributed by atoms with Crippen LogP contribution in [-0.4, -0.2) is 83.9 Å². The molecule has 6 aromatic rings. The van der Waals surface area contributed by atoms with Gasteiger partial charge in [0.05, 0.1) is 23.6 Å². The van der Waals surface area contributed by atoms with Gasteiger partial charge in [-0.2, -0.15) is 0 Å². The summed E-state index contributed by atoms with van der Waals surface area (Å²) in [5.41, 5.74) is 5.99. The molecule has 0 aliphatic heterocycles. The Morgan fingerprint density at radius 2 is 0.872 bits per heavy atom. The van der Waals surface area contributed by atoms with Gasteiger partial charge in [0.15, 0.2) is 0 Å². The highest BCUT2D eigenvalue weighted by Gasteiger charge is 2.53. The number of rotatable bonds is 6. The Kier molecular flexibility index (Phi) is 7.38. The third-order valence-electron chi connectivity index (χ3n) is 10.2. The monoisotopic (exact) mass is 628 g/mol. The smallest absolute Gasteiger partial charge is 0.123 e. The van der Waals surface area contributed by atoms with Crippen molar-refractivity contribution in [3.63, 3.8) is 0 Å². The second-order valence-corrected chi connectivity index (χ2v) is 13.8. The fraction of sp³-hybridized carbons (Fsp3) is 0.300. The Bertz CT molecular complexity index is 2110. The van der Waals surface area contributed by atoms with Gasteiger partial charge in [0.1, 0.15) is 5.75 Å². The number of phenolic OH excluding ortho intramolecular Hbond substituents is 1. The summed E-state index contributed by atoms with van der Waals surface area (Å²) in [7, 11) is 16.4. The molecule has 7 rings (SSSR count). The molecular weight excluding hydrogens is 584 g/mol. The maximum absolute atomic E-state index is 12.4. The van der Waals surface area contributed by atoms with E-state index < -0.39 is 24.0 Å². The lowest BCUT2D eigenvalue weighted by molar-refractivity contribution is -0.0766. The lowest BCUT2D eigenvalue weighted by atomic mass is 9.60. The molecule has 7 nitrogen and oxygen atoms in total. The molecule has 0 saturated heterocycles. The van der Waals surface area contributed by atoms with Crippen molar-refractivity contribution in [2.45, 2.75) is 24.0 Å². The average molecular weight is 629 g/mol. The molecule has 3 N–H and O–H groups in total. The fourth-order valence-corrected chi connectivity index (χ4v) is 8.29. The first kappa shape index (κ1) is 30.9. The second kappa shape index (κ2) is 11.2. The van der Waals surface area contributed by atoms with Crippen molar-refractivity contribution in [2.75, 3.05) is 76.0 Å². The van der Waals surface area contributed by atoms with Gasteiger partial charge in [-0.15, -0.1) is 0 Å². The Morgan fingerprint density at radius 3 is 1.38 bits per heavy atom. The lowest BCUT2D eigenvalue weighted by Gasteiger charge is -2.49. The summed E-state index contributed by atoms with van der Waals surface area (Å²) in [6.45, 7) is 0. The molecule has 1 saturated carbocycles. The minimum Gasteiger partial charge on any atom is -0.507 e. The van der Waals surface area contributed by atoms with Crippen molar-refractivity contribution >= 4 is 65.8 Å². The summed E-state index contributed by atoms with van der Waals surface area (Å²) in [4.78, 5) is 8.51. The van der Waals surface area contributed by atoms with Gasteiger partial charge in [0.2, 0.25) is 0 Å². The van der Waals surface area contributed by atoms with Crippen molar-refractivity contribution in [3.05, 3.63) is 90.0 Å². The third-order valence-corrected chi connectivity index (χ3v) is 10.2. The summed E-state index contributed by atoms with van der Waals surface area (Å²) < 4.78 is 0. The van der Waals surface area contributed by atoms with Crippen LogP contribution in [0.4, 0.5) is 22.7 Å². The maximum Gasteiger partial charge on any atom is 0.123 e. The first-order valence-corrected chi connectivity index (χ1v) is 16.2. The zero-order chi connectivity index (χ0) is 33.5. The number of hydrogen-bond acceptors (Lipinski definition) is 7. The van der Waals surface area contributed by atoms with E-state index in [-0.39, 0.29) is 5.75 Å². The van der Waals surface area contributed by atoms with Gasteiger partial charge in [-0.3, -0.25) is 0 Å². The Morgan fingerprint density at radius 1 is 0.426 bits per heavy atom. The van der Waals surface area contributed by atoms with E-state index in [0.717, 1.165) is 71.6 Å². The summed E-state index contributed by atoms with van der Waals surface area (Å²) in [5, 5.41) is 43.9. The molecule has 1 fully saturated rings. The molecule has 7 heteroatoms. The van der Waals surface area contributed by atoms with E-state index in [1.165, 1.54) is 0 Å². The van der Waals surface area contributed by atoms with Crippen molar-refractivity contribution in [1.82, 2.24) is 0 Å². The van der Waals surface area contributed by atoms with Crippen molar-refractivity contribution in [2.24, 2.45) is 0 Å². The summed E-state index contributed by atoms with van der Waals surface area (Å²) >= 11 is 0. The SMILES string of the molecule is CN(C)c1c2ccccc2c(C2C(O)C(c3c4cccc(N(C)C)c4c(N(C)C)c4c(N(C)C)cccc34)C2O)c2c(O)cccc12. The number of aliphatic hydroxyl groups excluding tert-OH is 2. The fourth-order valence-electron chi connectivity index (χ4n) is 8.29. The van der Waals surface area contributed by atoms with Gasteiger partial charge < -0.3 is 34.9 Å². The zero-order valence-corrected chi connectivity index (χ0v) is 28.4. The molecule has 0 heterocycles. The summed E-state index contributed by atoms with van der Waals surface area (Å²) in [5.74, 6) is -1.01. The highest BCUT2D eigenvalue weighted by Crippen LogP contribution is 2.58. The molecule has 0 aromatic heterocycles. The number of aromatic hydroxyl groups is 1. The number of anilines is 4. The van der Waals surface area contributed by atoms with Crippen molar-refractivity contribution < 1.29 is 15.3 Å². The standard InChI is InChI=1S/C40H44N4O3/c1-41(2)27-19-11-16-24-30(25-17-12-20-28(42(3)4)32(25)38(31(24)27)44(7)8)35-39(46)36(40(35)47)34-22-14-9-10-15-23(22)37(43(5)6)26-18-13-21-29(45)33(26)34/h9-21,35-36,39-40,45-47H,1-8H3. The average Bonchev–Trinajstić information content (AvgIpc) is 3.03. The Hall–Kier alpha value is -4.72. The number of phenols is 1. The van der Waals surface area contributed by atoms with E-state index in [1.807, 2.05) is 44.4 Å². The quantitative estimate of drug-likeness (QED) is 0.174. The van der Waals surface area contributed by atoms with Crippen LogP contribution in [-0.2, 0) is 0 Å². The molecule has 242 valence electrons. The number of fused-ring (bicyclic) bond motifs is 4. The Labute approximate surface area is 276 Å². The minimum absolute atomic E-state index is 0.145. The van der Waals surface area contributed by atoms with Crippen molar-refractivity contribution in [3.8, 4) is 5.75 Å². The molecule has 0 bridgehead atoms. The third kappa shape index (κ3) is 4.40. The summed E-state index contributed by atoms with van der Waals surface area (Å²) in [6, 6.07) is 26.3. The summed E-state index contributed by atoms with van der Waals surface area (Å²) in [6.07, 6.45) is -1.80. The largest absolute Gasteiger partial charge is 0.507 e. The molecule has 2 atom stereocenters. The van der Waals surface area contributed by atoms with Crippen LogP contribution < -0.4 is 19.6 Å². The van der Waals surface area contributed by atoms with Crippen LogP contribution in [0.15, 0.2) is 78.9 Å². The van der Waals surface area contributed by atoms with Gasteiger partial charge in [0.25, 0.3) is 0 Å². The van der Waals surface area contributed by atoms with E-state index >= 15 is 0 Å². The van der Waals surface area contributed by atoms with Gasteiger partial charge in [-0.1, -0.05) is 60.7 Å². The van der Waals surface area contributed by atoms with E-state index in [9.17, 15) is 15.3 Å². The van der Waals surface area contributed by atoms with Crippen LogP contribution in [0.3, 0.4) is 0 Å². The lowest BCUT2D eigenvalue weighted by Crippen LogP contribution is -2.52. The van der Waals surface area contributed by atoms with E-state index in [4.69, 9.17) is 0 Å². The first-order chi connectivity index (χ1) is 22.5. The minimum atomic E-state index is -0.899. The normalized spacial score (nSPS) is 19.4. The topological polar surface area (TPSA) is 73.7 Å². The van der Waals surface area contributed by atoms with Gasteiger partial charge >= 0.3 is 0 Å². The van der Waals surface area contributed by atoms with E-state index in [1.54, 1.807) is 6.07 Å².